The molecule has 0 spiro atoms. The molecule has 0 rings (SSSR count). The number of esters is 2. The minimum absolute atomic E-state index is 0.115. The summed E-state index contributed by atoms with van der Waals surface area (Å²) < 4.78 is 10.6. The van der Waals surface area contributed by atoms with Crippen molar-refractivity contribution in [2.45, 2.75) is 161 Å². The van der Waals surface area contributed by atoms with Crippen LogP contribution in [-0.4, -0.2) is 36.4 Å². The molecule has 332 valence electrons. The van der Waals surface area contributed by atoms with E-state index in [1.54, 1.807) is 0 Å². The van der Waals surface area contributed by atoms with Crippen LogP contribution in [0.4, 0.5) is 0 Å². The van der Waals surface area contributed by atoms with Crippen LogP contribution in [0.3, 0.4) is 0 Å². The Balaban J connectivity index is 3.77. The number of rotatable bonds is 39. The van der Waals surface area contributed by atoms with Gasteiger partial charge in [-0.25, -0.2) is 0 Å². The van der Waals surface area contributed by atoms with Crippen LogP contribution in [0.2, 0.25) is 0 Å². The molecule has 0 aliphatic rings. The topological polar surface area (TPSA) is 72.8 Å². The standard InChI is InChI=1S/C55H82O5/c1-3-5-7-9-11-13-15-17-19-21-23-25-26-27-28-30-32-34-36-38-40-42-44-46-48-50-55(58)60-53(51-56)52-59-54(57)49-47-45-43-41-39-37-35-33-31-29-24-22-20-18-16-14-12-10-8-6-4-2/h5-8,11-14,17-20,23-25,27-29,32-35,38-41,53,56H,3-4,9-10,15-16,21-22,26,30-31,36-37,42-52H2,1-2H3/b7-5-,8-6-,13-11-,14-12-,19-17-,20-18-,25-23-,28-27-,29-24-,34-32-,35-33-,40-38-,41-39-. The van der Waals surface area contributed by atoms with Gasteiger partial charge in [-0.3, -0.25) is 9.59 Å². The van der Waals surface area contributed by atoms with Crippen molar-refractivity contribution >= 4 is 11.9 Å². The Hall–Kier alpha value is -4.48. The molecule has 1 unspecified atom stereocenters. The first-order valence-electron chi connectivity index (χ1n) is 23.0. The highest BCUT2D eigenvalue weighted by Gasteiger charge is 2.16. The van der Waals surface area contributed by atoms with Gasteiger partial charge in [0, 0.05) is 12.8 Å². The summed E-state index contributed by atoms with van der Waals surface area (Å²) in [5.74, 6) is -0.698. The molecule has 0 saturated carbocycles. The molecule has 0 aromatic heterocycles. The van der Waals surface area contributed by atoms with Crippen LogP contribution in [0.15, 0.2) is 158 Å². The van der Waals surface area contributed by atoms with E-state index >= 15 is 0 Å². The van der Waals surface area contributed by atoms with Crippen LogP contribution in [0.1, 0.15) is 155 Å². The zero-order valence-corrected chi connectivity index (χ0v) is 37.6. The first kappa shape index (κ1) is 55.5. The number of carbonyl (C=O) groups is 2. The monoisotopic (exact) mass is 823 g/mol. The smallest absolute Gasteiger partial charge is 0.306 e. The summed E-state index contributed by atoms with van der Waals surface area (Å²) in [5.41, 5.74) is 0. The van der Waals surface area contributed by atoms with Crippen LogP contribution < -0.4 is 0 Å². The minimum atomic E-state index is -0.822. The Morgan fingerprint density at radius 2 is 0.667 bits per heavy atom. The lowest BCUT2D eigenvalue weighted by atomic mass is 10.1. The first-order valence-corrected chi connectivity index (χ1v) is 23.0. The van der Waals surface area contributed by atoms with Crippen LogP contribution in [0.5, 0.6) is 0 Å². The van der Waals surface area contributed by atoms with Crippen molar-refractivity contribution in [1.29, 1.82) is 0 Å². The third kappa shape index (κ3) is 46.2. The van der Waals surface area contributed by atoms with Crippen molar-refractivity contribution in [3.63, 3.8) is 0 Å². The van der Waals surface area contributed by atoms with Crippen molar-refractivity contribution in [2.24, 2.45) is 0 Å². The molecular weight excluding hydrogens is 741 g/mol. The average molecular weight is 823 g/mol. The SMILES string of the molecule is CC/C=C\C/C=C\C/C=C\C/C=C\C/C=C\C/C=C\C/C=C\CCCCCC(=O)OC(CO)COC(=O)CCCC/C=C\C/C=C\C/C=C\C/C=C\C/C=C\C/C=C\CC. The van der Waals surface area contributed by atoms with Crippen molar-refractivity contribution in [1.82, 2.24) is 0 Å². The lowest BCUT2D eigenvalue weighted by Gasteiger charge is -2.15. The lowest BCUT2D eigenvalue weighted by molar-refractivity contribution is -0.161. The summed E-state index contributed by atoms with van der Waals surface area (Å²) in [6.07, 6.45) is 76.0. The highest BCUT2D eigenvalue weighted by molar-refractivity contribution is 5.70. The molecule has 5 heteroatoms. The highest BCUT2D eigenvalue weighted by atomic mass is 16.6. The quantitative estimate of drug-likeness (QED) is 0.0380. The predicted molar refractivity (Wildman–Crippen MR) is 260 cm³/mol. The number of ether oxygens (including phenoxy) is 2. The molecule has 0 aliphatic heterocycles. The third-order valence-corrected chi connectivity index (χ3v) is 8.82. The molecule has 0 bridgehead atoms. The summed E-state index contributed by atoms with van der Waals surface area (Å²) in [6, 6.07) is 0. The number of aliphatic hydroxyl groups excluding tert-OH is 1. The summed E-state index contributed by atoms with van der Waals surface area (Å²) in [4.78, 5) is 24.4. The number of carbonyl (C=O) groups excluding carboxylic acids is 2. The second-order valence-electron chi connectivity index (χ2n) is 14.4. The van der Waals surface area contributed by atoms with Gasteiger partial charge in [0.15, 0.2) is 6.10 Å². The van der Waals surface area contributed by atoms with Crippen LogP contribution in [-0.2, 0) is 19.1 Å². The predicted octanol–water partition coefficient (Wildman–Crippen LogP) is 15.3. The van der Waals surface area contributed by atoms with Crippen molar-refractivity contribution < 1.29 is 24.2 Å². The Labute approximate surface area is 367 Å². The fourth-order valence-electron chi connectivity index (χ4n) is 5.42. The highest BCUT2D eigenvalue weighted by Crippen LogP contribution is 2.08. The van der Waals surface area contributed by atoms with Gasteiger partial charge in [-0.1, -0.05) is 178 Å². The summed E-state index contributed by atoms with van der Waals surface area (Å²) in [5, 5.41) is 9.60. The second-order valence-corrected chi connectivity index (χ2v) is 14.4. The van der Waals surface area contributed by atoms with E-state index in [0.717, 1.165) is 128 Å². The molecule has 0 amide bonds. The van der Waals surface area contributed by atoms with Gasteiger partial charge in [0.25, 0.3) is 0 Å². The van der Waals surface area contributed by atoms with E-state index < -0.39 is 6.10 Å². The Kier molecular flexibility index (Phi) is 45.2. The average Bonchev–Trinajstić information content (AvgIpc) is 3.25. The van der Waals surface area contributed by atoms with Crippen LogP contribution in [0, 0.1) is 0 Å². The number of allylic oxidation sites excluding steroid dienone is 26. The number of aliphatic hydroxyl groups is 1. The third-order valence-electron chi connectivity index (χ3n) is 8.82. The molecule has 1 N–H and O–H groups in total. The van der Waals surface area contributed by atoms with Gasteiger partial charge in [0.2, 0.25) is 0 Å². The molecule has 0 fully saturated rings. The first-order chi connectivity index (χ1) is 29.6. The Morgan fingerprint density at radius 3 is 1.00 bits per heavy atom. The molecular formula is C55H82O5. The van der Waals surface area contributed by atoms with Crippen LogP contribution >= 0.6 is 0 Å². The molecule has 5 nitrogen and oxygen atoms in total. The summed E-state index contributed by atoms with van der Waals surface area (Å²) in [6.45, 7) is 3.82. The maximum absolute atomic E-state index is 12.2. The Morgan fingerprint density at radius 1 is 0.383 bits per heavy atom. The number of hydrogen-bond acceptors (Lipinski definition) is 5. The molecule has 1 atom stereocenters. The van der Waals surface area contributed by atoms with E-state index in [-0.39, 0.29) is 25.2 Å². The van der Waals surface area contributed by atoms with Gasteiger partial charge >= 0.3 is 11.9 Å². The van der Waals surface area contributed by atoms with Gasteiger partial charge in [0.1, 0.15) is 6.61 Å². The molecule has 60 heavy (non-hydrogen) atoms. The summed E-state index contributed by atoms with van der Waals surface area (Å²) in [7, 11) is 0. The summed E-state index contributed by atoms with van der Waals surface area (Å²) >= 11 is 0. The minimum Gasteiger partial charge on any atom is -0.462 e. The lowest BCUT2D eigenvalue weighted by Crippen LogP contribution is -2.28. The van der Waals surface area contributed by atoms with E-state index in [4.69, 9.17) is 9.47 Å². The maximum Gasteiger partial charge on any atom is 0.306 e. The van der Waals surface area contributed by atoms with Gasteiger partial charge in [-0.05, 0) is 122 Å². The van der Waals surface area contributed by atoms with Crippen LogP contribution in [0.25, 0.3) is 0 Å². The molecule has 0 aromatic rings. The van der Waals surface area contributed by atoms with Crippen molar-refractivity contribution in [3.8, 4) is 0 Å². The van der Waals surface area contributed by atoms with E-state index in [0.29, 0.717) is 12.8 Å². The molecule has 0 heterocycles. The van der Waals surface area contributed by atoms with E-state index in [9.17, 15) is 14.7 Å². The molecule has 0 radical (unpaired) electrons. The van der Waals surface area contributed by atoms with E-state index in [1.165, 1.54) is 0 Å². The molecule has 0 aliphatic carbocycles. The molecule has 0 aromatic carbocycles. The normalized spacial score (nSPS) is 13.7. The number of unbranched alkanes of at least 4 members (excludes halogenated alkanes) is 5. The zero-order chi connectivity index (χ0) is 43.5. The van der Waals surface area contributed by atoms with Crippen molar-refractivity contribution in [3.05, 3.63) is 158 Å². The fourth-order valence-corrected chi connectivity index (χ4v) is 5.42. The van der Waals surface area contributed by atoms with Gasteiger partial charge in [-0.2, -0.15) is 0 Å². The van der Waals surface area contributed by atoms with E-state index in [1.807, 2.05) is 0 Å². The van der Waals surface area contributed by atoms with Gasteiger partial charge < -0.3 is 14.6 Å². The largest absolute Gasteiger partial charge is 0.462 e. The van der Waals surface area contributed by atoms with Crippen molar-refractivity contribution in [2.75, 3.05) is 13.2 Å². The zero-order valence-electron chi connectivity index (χ0n) is 37.6. The van der Waals surface area contributed by atoms with Gasteiger partial charge in [0.05, 0.1) is 6.61 Å². The number of hydrogen-bond donors (Lipinski definition) is 1. The Bertz CT molecular complexity index is 1390. The van der Waals surface area contributed by atoms with E-state index in [2.05, 4.69) is 172 Å². The molecule has 0 saturated heterocycles. The van der Waals surface area contributed by atoms with Gasteiger partial charge in [-0.15, -0.1) is 0 Å². The fraction of sp³-hybridized carbons (Fsp3) is 0.491. The second kappa shape index (κ2) is 48.9. The maximum atomic E-state index is 12.2.